The molecule has 25 heavy (non-hydrogen) atoms. The molecule has 0 radical (unpaired) electrons. The number of carboxylic acid groups (broad SMARTS) is 1. The fourth-order valence-electron chi connectivity index (χ4n) is 3.22. The van der Waals surface area contributed by atoms with Gasteiger partial charge >= 0.3 is 6.09 Å². The smallest absolute Gasteiger partial charge is 0.404 e. The normalized spacial score (nSPS) is 20.2. The van der Waals surface area contributed by atoms with Gasteiger partial charge in [-0.25, -0.2) is 9.78 Å². The topological polar surface area (TPSA) is 91.3 Å². The Morgan fingerprint density at radius 2 is 1.92 bits per heavy atom. The number of benzene rings is 1. The molecule has 1 fully saturated rings. The summed E-state index contributed by atoms with van der Waals surface area (Å²) >= 11 is 5.96. The molecular weight excluding hydrogens is 342 g/mol. The summed E-state index contributed by atoms with van der Waals surface area (Å²) < 4.78 is 0. The van der Waals surface area contributed by atoms with E-state index in [1.165, 1.54) is 0 Å². The third-order valence-electron chi connectivity index (χ3n) is 4.61. The van der Waals surface area contributed by atoms with Gasteiger partial charge in [0, 0.05) is 23.0 Å². The molecule has 0 bridgehead atoms. The van der Waals surface area contributed by atoms with E-state index in [9.17, 15) is 9.59 Å². The average molecular weight is 362 g/mol. The molecule has 1 aliphatic carbocycles. The lowest BCUT2D eigenvalue weighted by atomic mass is 9.86. The molecule has 1 aromatic heterocycles. The Morgan fingerprint density at radius 1 is 1.16 bits per heavy atom. The van der Waals surface area contributed by atoms with Gasteiger partial charge in [0.1, 0.15) is 5.69 Å². The number of nitrogens with one attached hydrogen (secondary N) is 2. The number of hydrogen-bond donors (Lipinski definition) is 3. The average Bonchev–Trinajstić information content (AvgIpc) is 2.60. The van der Waals surface area contributed by atoms with Crippen molar-refractivity contribution in [1.82, 2.24) is 15.6 Å². The van der Waals surface area contributed by atoms with Crippen LogP contribution in [0.15, 0.2) is 30.3 Å². The van der Waals surface area contributed by atoms with Gasteiger partial charge < -0.3 is 15.7 Å². The van der Waals surface area contributed by atoms with Crippen LogP contribution in [0.1, 0.15) is 36.2 Å². The summed E-state index contributed by atoms with van der Waals surface area (Å²) in [5.74, 6) is 0.164. The highest BCUT2D eigenvalue weighted by atomic mass is 35.5. The van der Waals surface area contributed by atoms with Crippen molar-refractivity contribution in [3.8, 4) is 0 Å². The van der Waals surface area contributed by atoms with Crippen LogP contribution >= 0.6 is 11.6 Å². The minimum absolute atomic E-state index is 0.108. The Kier molecular flexibility index (Phi) is 5.38. The van der Waals surface area contributed by atoms with Crippen LogP contribution in [0.25, 0.3) is 10.9 Å². The molecule has 0 saturated heterocycles. The highest BCUT2D eigenvalue weighted by Crippen LogP contribution is 2.24. The number of fused-ring (bicyclic) bond motifs is 1. The van der Waals surface area contributed by atoms with Crippen molar-refractivity contribution >= 4 is 34.5 Å². The predicted molar refractivity (Wildman–Crippen MR) is 96.0 cm³/mol. The van der Waals surface area contributed by atoms with Crippen LogP contribution in [0, 0.1) is 5.92 Å². The van der Waals surface area contributed by atoms with Crippen LogP contribution in [0.4, 0.5) is 4.79 Å². The second-order valence-electron chi connectivity index (χ2n) is 6.41. The second kappa shape index (κ2) is 7.70. The van der Waals surface area contributed by atoms with Gasteiger partial charge in [-0.1, -0.05) is 17.7 Å². The minimum atomic E-state index is -0.987. The zero-order chi connectivity index (χ0) is 17.8. The van der Waals surface area contributed by atoms with E-state index in [1.807, 2.05) is 12.1 Å². The van der Waals surface area contributed by atoms with E-state index < -0.39 is 6.09 Å². The number of hydrogen-bond acceptors (Lipinski definition) is 3. The van der Waals surface area contributed by atoms with E-state index in [1.54, 1.807) is 18.2 Å². The summed E-state index contributed by atoms with van der Waals surface area (Å²) in [5, 5.41) is 15.6. The summed E-state index contributed by atoms with van der Waals surface area (Å²) in [5.41, 5.74) is 1.13. The van der Waals surface area contributed by atoms with Crippen LogP contribution in [-0.2, 0) is 0 Å². The van der Waals surface area contributed by atoms with Gasteiger partial charge in [-0.15, -0.1) is 0 Å². The maximum absolute atomic E-state index is 12.4. The zero-order valence-electron chi connectivity index (χ0n) is 13.7. The van der Waals surface area contributed by atoms with E-state index >= 15 is 0 Å². The second-order valence-corrected chi connectivity index (χ2v) is 6.85. The number of aromatic nitrogens is 1. The standard InChI is InChI=1S/C18H20ClN3O3/c19-13-4-8-15-12(9-13)3-7-16(22-15)17(23)21-14-5-1-11(2-6-14)10-20-18(24)25/h3-4,7-9,11,14,20H,1-2,5-6,10H2,(H,21,23)(H,24,25). The van der Waals surface area contributed by atoms with Crippen LogP contribution in [-0.4, -0.2) is 34.7 Å². The first-order valence-corrected chi connectivity index (χ1v) is 8.73. The third kappa shape index (κ3) is 4.60. The van der Waals surface area contributed by atoms with Crippen LogP contribution in [0.5, 0.6) is 0 Å². The summed E-state index contributed by atoms with van der Waals surface area (Å²) in [6.07, 6.45) is 2.50. The molecule has 6 nitrogen and oxygen atoms in total. The van der Waals surface area contributed by atoms with Gasteiger partial charge in [0.2, 0.25) is 0 Å². The summed E-state index contributed by atoms with van der Waals surface area (Å²) in [7, 11) is 0. The molecule has 2 aromatic rings. The van der Waals surface area contributed by atoms with Crippen LogP contribution in [0.2, 0.25) is 5.02 Å². The molecule has 1 aliphatic rings. The highest BCUT2D eigenvalue weighted by molar-refractivity contribution is 6.31. The maximum Gasteiger partial charge on any atom is 0.404 e. The van der Waals surface area contributed by atoms with E-state index in [0.29, 0.717) is 23.2 Å². The van der Waals surface area contributed by atoms with Crippen LogP contribution < -0.4 is 10.6 Å². The Bertz CT molecular complexity index is 788. The molecule has 1 saturated carbocycles. The quantitative estimate of drug-likeness (QED) is 0.777. The van der Waals surface area contributed by atoms with Crippen molar-refractivity contribution in [1.29, 1.82) is 0 Å². The number of pyridine rings is 1. The monoisotopic (exact) mass is 361 g/mol. The molecule has 1 heterocycles. The lowest BCUT2D eigenvalue weighted by Crippen LogP contribution is -2.39. The number of rotatable bonds is 4. The summed E-state index contributed by atoms with van der Waals surface area (Å²) in [4.78, 5) is 27.4. The molecule has 3 rings (SSSR count). The van der Waals surface area contributed by atoms with Crippen molar-refractivity contribution < 1.29 is 14.7 Å². The van der Waals surface area contributed by atoms with Gasteiger partial charge in [0.25, 0.3) is 5.91 Å². The first-order chi connectivity index (χ1) is 12.0. The number of carbonyl (C=O) groups excluding carboxylic acids is 1. The van der Waals surface area contributed by atoms with Crippen molar-refractivity contribution in [3.05, 3.63) is 41.0 Å². The first kappa shape index (κ1) is 17.5. The number of amides is 2. The highest BCUT2D eigenvalue weighted by Gasteiger charge is 2.23. The maximum atomic E-state index is 12.4. The first-order valence-electron chi connectivity index (χ1n) is 8.35. The fraction of sp³-hybridized carbons (Fsp3) is 0.389. The Balaban J connectivity index is 1.56. The molecule has 0 unspecified atom stereocenters. The molecular formula is C18H20ClN3O3. The molecule has 0 aliphatic heterocycles. The lowest BCUT2D eigenvalue weighted by Gasteiger charge is -2.28. The number of carbonyl (C=O) groups is 2. The molecule has 0 spiro atoms. The molecule has 1 aromatic carbocycles. The Labute approximate surface area is 150 Å². The van der Waals surface area contributed by atoms with Gasteiger partial charge in [0.05, 0.1) is 5.52 Å². The molecule has 7 heteroatoms. The Hall–Kier alpha value is -2.34. The molecule has 132 valence electrons. The molecule has 2 amide bonds. The van der Waals surface area contributed by atoms with Crippen molar-refractivity contribution in [2.75, 3.05) is 6.54 Å². The zero-order valence-corrected chi connectivity index (χ0v) is 14.4. The van der Waals surface area contributed by atoms with Crippen molar-refractivity contribution in [2.24, 2.45) is 5.92 Å². The summed E-state index contributed by atoms with van der Waals surface area (Å²) in [6.45, 7) is 0.477. The van der Waals surface area contributed by atoms with Crippen molar-refractivity contribution in [3.63, 3.8) is 0 Å². The van der Waals surface area contributed by atoms with Gasteiger partial charge in [-0.3, -0.25) is 4.79 Å². The number of nitrogens with zero attached hydrogens (tertiary/aromatic N) is 1. The van der Waals surface area contributed by atoms with E-state index in [4.69, 9.17) is 16.7 Å². The lowest BCUT2D eigenvalue weighted by molar-refractivity contribution is 0.0917. The van der Waals surface area contributed by atoms with Gasteiger partial charge in [0.15, 0.2) is 0 Å². The SMILES string of the molecule is O=C(O)NCC1CCC(NC(=O)c2ccc3cc(Cl)ccc3n2)CC1. The fourth-order valence-corrected chi connectivity index (χ4v) is 3.41. The Morgan fingerprint density at radius 3 is 2.64 bits per heavy atom. The van der Waals surface area contributed by atoms with E-state index in [-0.39, 0.29) is 11.9 Å². The van der Waals surface area contributed by atoms with Crippen LogP contribution in [0.3, 0.4) is 0 Å². The van der Waals surface area contributed by atoms with Gasteiger partial charge in [-0.05, 0) is 55.9 Å². The number of halogens is 1. The van der Waals surface area contributed by atoms with Gasteiger partial charge in [-0.2, -0.15) is 0 Å². The van der Waals surface area contributed by atoms with E-state index in [2.05, 4.69) is 15.6 Å². The van der Waals surface area contributed by atoms with Crippen molar-refractivity contribution in [2.45, 2.75) is 31.7 Å². The minimum Gasteiger partial charge on any atom is -0.465 e. The molecule has 0 atom stereocenters. The summed E-state index contributed by atoms with van der Waals surface area (Å²) in [6, 6.07) is 9.03. The molecule has 3 N–H and O–H groups in total. The largest absolute Gasteiger partial charge is 0.465 e. The van der Waals surface area contributed by atoms with E-state index in [0.717, 1.165) is 36.6 Å². The predicted octanol–water partition coefficient (Wildman–Crippen LogP) is 3.44. The third-order valence-corrected chi connectivity index (χ3v) is 4.84.